The van der Waals surface area contributed by atoms with Gasteiger partial charge >= 0.3 is 0 Å². The van der Waals surface area contributed by atoms with Crippen molar-refractivity contribution in [1.29, 1.82) is 0 Å². The van der Waals surface area contributed by atoms with Gasteiger partial charge in [0.2, 0.25) is 0 Å². The predicted octanol–water partition coefficient (Wildman–Crippen LogP) is 4.98. The molecule has 0 fully saturated rings. The summed E-state index contributed by atoms with van der Waals surface area (Å²) in [5, 5.41) is 3.76. The van der Waals surface area contributed by atoms with E-state index in [1.54, 1.807) is 0 Å². The van der Waals surface area contributed by atoms with E-state index in [1.807, 2.05) is 0 Å². The first kappa shape index (κ1) is 19.7. The zero-order valence-corrected chi connectivity index (χ0v) is 16.5. The molecular formula is C23H34N2. The van der Waals surface area contributed by atoms with Gasteiger partial charge in [0, 0.05) is 19.1 Å². The monoisotopic (exact) mass is 338 g/mol. The molecular weight excluding hydrogens is 304 g/mol. The quantitative estimate of drug-likeness (QED) is 0.693. The Hall–Kier alpha value is -1.64. The molecule has 0 heterocycles. The lowest BCUT2D eigenvalue weighted by Crippen LogP contribution is -2.38. The molecule has 2 aromatic carbocycles. The minimum Gasteiger partial charge on any atom is -0.309 e. The summed E-state index contributed by atoms with van der Waals surface area (Å²) in [6.45, 7) is 8.80. The summed E-state index contributed by atoms with van der Waals surface area (Å²) in [5.74, 6) is 0.709. The highest BCUT2D eigenvalue weighted by Gasteiger charge is 2.11. The van der Waals surface area contributed by atoms with E-state index in [0.717, 1.165) is 19.5 Å². The smallest absolute Gasteiger partial charge is 0.0208 e. The summed E-state index contributed by atoms with van der Waals surface area (Å²) >= 11 is 0. The van der Waals surface area contributed by atoms with E-state index in [-0.39, 0.29) is 0 Å². The van der Waals surface area contributed by atoms with Gasteiger partial charge in [-0.1, -0.05) is 63.2 Å². The summed E-state index contributed by atoms with van der Waals surface area (Å²) in [6, 6.07) is 18.3. The maximum Gasteiger partial charge on any atom is 0.0208 e. The summed E-state index contributed by atoms with van der Waals surface area (Å²) in [6.07, 6.45) is 2.28. The standard InChI is InChI=1S/C23H34N2/c1-6-19-9-7-11-21(14-19)22-12-8-10-20(15-22)16-24-23(13-18(2)3)17-25(4)5/h7-12,14-15,18,23-24H,6,13,16-17H2,1-5H3/t23-/m1/s1. The van der Waals surface area contributed by atoms with E-state index < -0.39 is 0 Å². The SMILES string of the molecule is CCc1cccc(-c2cccc(CN[C@H](CC(C)C)CN(C)C)c2)c1. The second-order valence-electron chi connectivity index (χ2n) is 7.72. The Morgan fingerprint density at radius 1 is 0.920 bits per heavy atom. The Morgan fingerprint density at radius 3 is 2.08 bits per heavy atom. The lowest BCUT2D eigenvalue weighted by Gasteiger charge is -2.24. The first-order valence-corrected chi connectivity index (χ1v) is 9.54. The lowest BCUT2D eigenvalue weighted by atomic mass is 9.99. The van der Waals surface area contributed by atoms with Crippen LogP contribution in [0.1, 0.15) is 38.3 Å². The molecule has 1 N–H and O–H groups in total. The fourth-order valence-electron chi connectivity index (χ4n) is 3.33. The van der Waals surface area contributed by atoms with Crippen LogP contribution in [0.15, 0.2) is 48.5 Å². The fraction of sp³-hybridized carbons (Fsp3) is 0.478. The van der Waals surface area contributed by atoms with E-state index in [1.165, 1.54) is 28.7 Å². The molecule has 0 amide bonds. The highest BCUT2D eigenvalue weighted by Crippen LogP contribution is 2.22. The van der Waals surface area contributed by atoms with Crippen LogP contribution in [0.25, 0.3) is 11.1 Å². The molecule has 136 valence electrons. The van der Waals surface area contributed by atoms with Crippen molar-refractivity contribution in [2.24, 2.45) is 5.92 Å². The number of nitrogens with one attached hydrogen (secondary N) is 1. The molecule has 0 unspecified atom stereocenters. The Kier molecular flexibility index (Phi) is 7.67. The fourth-order valence-corrected chi connectivity index (χ4v) is 3.33. The summed E-state index contributed by atoms with van der Waals surface area (Å²) in [7, 11) is 4.30. The van der Waals surface area contributed by atoms with Crippen LogP contribution in [0.2, 0.25) is 0 Å². The van der Waals surface area contributed by atoms with Crippen molar-refractivity contribution in [2.45, 2.75) is 46.2 Å². The maximum atomic E-state index is 3.76. The summed E-state index contributed by atoms with van der Waals surface area (Å²) in [4.78, 5) is 2.27. The molecule has 0 bridgehead atoms. The molecule has 2 heteroatoms. The molecule has 2 nitrogen and oxygen atoms in total. The van der Waals surface area contributed by atoms with Crippen LogP contribution in [0.4, 0.5) is 0 Å². The zero-order chi connectivity index (χ0) is 18.2. The number of nitrogens with zero attached hydrogens (tertiary/aromatic N) is 1. The Balaban J connectivity index is 2.07. The minimum atomic E-state index is 0.530. The zero-order valence-electron chi connectivity index (χ0n) is 16.5. The number of hydrogen-bond donors (Lipinski definition) is 1. The number of rotatable bonds is 9. The largest absolute Gasteiger partial charge is 0.309 e. The van der Waals surface area contributed by atoms with Crippen LogP contribution in [-0.4, -0.2) is 31.6 Å². The van der Waals surface area contributed by atoms with E-state index in [2.05, 4.69) is 93.6 Å². The second kappa shape index (κ2) is 9.74. The van der Waals surface area contributed by atoms with Crippen LogP contribution in [0.3, 0.4) is 0 Å². The maximum absolute atomic E-state index is 3.76. The van der Waals surface area contributed by atoms with Gasteiger partial charge in [-0.25, -0.2) is 0 Å². The Morgan fingerprint density at radius 2 is 1.52 bits per heavy atom. The van der Waals surface area contributed by atoms with E-state index >= 15 is 0 Å². The van der Waals surface area contributed by atoms with Gasteiger partial charge in [0.1, 0.15) is 0 Å². The van der Waals surface area contributed by atoms with Crippen molar-refractivity contribution in [1.82, 2.24) is 10.2 Å². The normalized spacial score (nSPS) is 12.8. The molecule has 0 aliphatic rings. The van der Waals surface area contributed by atoms with Gasteiger partial charge in [0.25, 0.3) is 0 Å². The molecule has 0 spiro atoms. The lowest BCUT2D eigenvalue weighted by molar-refractivity contribution is 0.305. The van der Waals surface area contributed by atoms with Crippen LogP contribution < -0.4 is 5.32 Å². The number of likely N-dealkylation sites (N-methyl/N-ethyl adjacent to an activating group) is 1. The average molecular weight is 339 g/mol. The molecule has 2 aromatic rings. The van der Waals surface area contributed by atoms with Crippen LogP contribution in [0, 0.1) is 5.92 Å². The number of hydrogen-bond acceptors (Lipinski definition) is 2. The predicted molar refractivity (Wildman–Crippen MR) is 110 cm³/mol. The van der Waals surface area contributed by atoms with Crippen molar-refractivity contribution >= 4 is 0 Å². The Labute approximate surface area is 154 Å². The van der Waals surface area contributed by atoms with E-state index in [9.17, 15) is 0 Å². The first-order chi connectivity index (χ1) is 12.0. The molecule has 0 radical (unpaired) electrons. The highest BCUT2D eigenvalue weighted by atomic mass is 15.1. The third-order valence-corrected chi connectivity index (χ3v) is 4.53. The summed E-state index contributed by atoms with van der Waals surface area (Å²) in [5.41, 5.74) is 5.37. The van der Waals surface area contributed by atoms with Gasteiger partial charge in [-0.2, -0.15) is 0 Å². The third kappa shape index (κ3) is 6.64. The summed E-state index contributed by atoms with van der Waals surface area (Å²) < 4.78 is 0. The molecule has 0 saturated heterocycles. The topological polar surface area (TPSA) is 15.3 Å². The molecule has 1 atom stereocenters. The molecule has 0 aliphatic heterocycles. The van der Waals surface area contributed by atoms with Crippen molar-refractivity contribution in [3.63, 3.8) is 0 Å². The van der Waals surface area contributed by atoms with E-state index in [0.29, 0.717) is 12.0 Å². The van der Waals surface area contributed by atoms with Crippen molar-refractivity contribution in [3.05, 3.63) is 59.7 Å². The molecule has 0 aliphatic carbocycles. The van der Waals surface area contributed by atoms with Crippen LogP contribution in [-0.2, 0) is 13.0 Å². The highest BCUT2D eigenvalue weighted by molar-refractivity contribution is 5.64. The van der Waals surface area contributed by atoms with Gasteiger partial charge in [0.05, 0.1) is 0 Å². The van der Waals surface area contributed by atoms with Crippen LogP contribution >= 0.6 is 0 Å². The van der Waals surface area contributed by atoms with Gasteiger partial charge in [-0.15, -0.1) is 0 Å². The van der Waals surface area contributed by atoms with Crippen LogP contribution in [0.5, 0.6) is 0 Å². The van der Waals surface area contributed by atoms with Gasteiger partial charge in [-0.3, -0.25) is 0 Å². The van der Waals surface area contributed by atoms with E-state index in [4.69, 9.17) is 0 Å². The average Bonchev–Trinajstić information content (AvgIpc) is 2.59. The third-order valence-electron chi connectivity index (χ3n) is 4.53. The molecule has 25 heavy (non-hydrogen) atoms. The molecule has 2 rings (SSSR count). The first-order valence-electron chi connectivity index (χ1n) is 9.54. The molecule has 0 saturated carbocycles. The minimum absolute atomic E-state index is 0.530. The van der Waals surface area contributed by atoms with Gasteiger partial charge in [-0.05, 0) is 61.2 Å². The number of aryl methyl sites for hydroxylation is 1. The van der Waals surface area contributed by atoms with Gasteiger partial charge in [0.15, 0.2) is 0 Å². The second-order valence-corrected chi connectivity index (χ2v) is 7.72. The Bertz CT molecular complexity index is 636. The number of benzene rings is 2. The van der Waals surface area contributed by atoms with Crippen molar-refractivity contribution in [3.8, 4) is 11.1 Å². The molecule has 0 aromatic heterocycles. The van der Waals surface area contributed by atoms with Crippen molar-refractivity contribution < 1.29 is 0 Å². The van der Waals surface area contributed by atoms with Gasteiger partial charge < -0.3 is 10.2 Å². The van der Waals surface area contributed by atoms with Crippen molar-refractivity contribution in [2.75, 3.05) is 20.6 Å².